The average molecular weight is 201 g/mol. The summed E-state index contributed by atoms with van der Waals surface area (Å²) in [6.45, 7) is 5.52. The molecule has 0 aromatic carbocycles. The molecule has 0 aliphatic heterocycles. The van der Waals surface area contributed by atoms with Crippen LogP contribution in [0.1, 0.15) is 33.6 Å². The van der Waals surface area contributed by atoms with Crippen molar-refractivity contribution in [2.24, 2.45) is 11.7 Å². The quantitative estimate of drug-likeness (QED) is 0.511. The van der Waals surface area contributed by atoms with Gasteiger partial charge in [-0.2, -0.15) is 0 Å². The minimum Gasteiger partial charge on any atom is -0.465 e. The van der Waals surface area contributed by atoms with E-state index in [2.05, 4.69) is 0 Å². The van der Waals surface area contributed by atoms with Gasteiger partial charge in [0, 0.05) is 6.42 Å². The zero-order valence-corrected chi connectivity index (χ0v) is 9.08. The number of carbonyl (C=O) groups is 2. The molecule has 0 saturated carbocycles. The summed E-state index contributed by atoms with van der Waals surface area (Å²) in [5.41, 5.74) is 5.56. The van der Waals surface area contributed by atoms with Gasteiger partial charge in [0.15, 0.2) is 0 Å². The number of nitrogens with two attached hydrogens (primary N) is 1. The fourth-order valence-electron chi connectivity index (χ4n) is 0.862. The number of rotatable bonds is 6. The third-order valence-corrected chi connectivity index (χ3v) is 1.91. The van der Waals surface area contributed by atoms with Gasteiger partial charge in [0.05, 0.1) is 6.61 Å². The number of hydrogen-bond acceptors (Lipinski definition) is 4. The summed E-state index contributed by atoms with van der Waals surface area (Å²) < 4.78 is 4.90. The van der Waals surface area contributed by atoms with Crippen LogP contribution in [0.5, 0.6) is 0 Å². The molecule has 0 fully saturated rings. The van der Waals surface area contributed by atoms with E-state index < -0.39 is 6.04 Å². The number of esters is 1. The molecule has 0 saturated heterocycles. The molecule has 0 unspecified atom stereocenters. The van der Waals surface area contributed by atoms with Gasteiger partial charge in [-0.05, 0) is 19.3 Å². The minimum absolute atomic E-state index is 0.0790. The summed E-state index contributed by atoms with van der Waals surface area (Å²) in [5, 5.41) is 0. The second-order valence-corrected chi connectivity index (χ2v) is 3.74. The van der Waals surface area contributed by atoms with Gasteiger partial charge in [-0.1, -0.05) is 13.8 Å². The molecule has 4 heteroatoms. The smallest absolute Gasteiger partial charge is 0.323 e. The highest BCUT2D eigenvalue weighted by atomic mass is 16.5. The molecule has 0 spiro atoms. The third-order valence-electron chi connectivity index (χ3n) is 1.91. The molecule has 0 aliphatic carbocycles. The van der Waals surface area contributed by atoms with E-state index in [-0.39, 0.29) is 24.3 Å². The van der Waals surface area contributed by atoms with Crippen LogP contribution < -0.4 is 5.73 Å². The van der Waals surface area contributed by atoms with Crippen LogP contribution in [0, 0.1) is 5.92 Å². The molecular formula is C10H19NO3. The van der Waals surface area contributed by atoms with Crippen molar-refractivity contribution in [2.45, 2.75) is 39.7 Å². The monoisotopic (exact) mass is 201 g/mol. The average Bonchev–Trinajstić information content (AvgIpc) is 2.10. The molecule has 0 radical (unpaired) electrons. The molecular weight excluding hydrogens is 182 g/mol. The van der Waals surface area contributed by atoms with E-state index in [0.717, 1.165) is 0 Å². The van der Waals surface area contributed by atoms with Crippen molar-refractivity contribution in [1.82, 2.24) is 0 Å². The summed E-state index contributed by atoms with van der Waals surface area (Å²) >= 11 is 0. The van der Waals surface area contributed by atoms with E-state index >= 15 is 0 Å². The summed E-state index contributed by atoms with van der Waals surface area (Å²) in [6, 6.07) is -0.563. The number of ether oxygens (including phenoxy) is 1. The SMILES string of the molecule is CC(=O)CCCOC(=O)[C@@H](N)C(C)C. The maximum Gasteiger partial charge on any atom is 0.323 e. The van der Waals surface area contributed by atoms with Gasteiger partial charge < -0.3 is 15.3 Å². The minimum atomic E-state index is -0.563. The number of hydrogen-bond donors (Lipinski definition) is 1. The molecule has 82 valence electrons. The van der Waals surface area contributed by atoms with E-state index in [1.165, 1.54) is 6.92 Å². The Bertz CT molecular complexity index is 202. The van der Waals surface area contributed by atoms with Crippen molar-refractivity contribution < 1.29 is 14.3 Å². The van der Waals surface area contributed by atoms with Crippen LogP contribution in [0.2, 0.25) is 0 Å². The molecule has 0 aromatic rings. The van der Waals surface area contributed by atoms with Gasteiger partial charge in [-0.3, -0.25) is 4.79 Å². The highest BCUT2D eigenvalue weighted by Gasteiger charge is 2.18. The fraction of sp³-hybridized carbons (Fsp3) is 0.800. The standard InChI is InChI=1S/C10H19NO3/c1-7(2)9(11)10(13)14-6-4-5-8(3)12/h7,9H,4-6,11H2,1-3H3/t9-/m0/s1. The van der Waals surface area contributed by atoms with E-state index in [1.54, 1.807) is 0 Å². The molecule has 4 nitrogen and oxygen atoms in total. The van der Waals surface area contributed by atoms with Crippen molar-refractivity contribution in [3.63, 3.8) is 0 Å². The molecule has 0 aliphatic rings. The maximum atomic E-state index is 11.2. The van der Waals surface area contributed by atoms with E-state index in [0.29, 0.717) is 12.8 Å². The topological polar surface area (TPSA) is 69.4 Å². The first-order chi connectivity index (χ1) is 6.45. The number of ketones is 1. The Balaban J connectivity index is 3.59. The summed E-state index contributed by atoms with van der Waals surface area (Å²) in [7, 11) is 0. The Kier molecular flexibility index (Phi) is 6.12. The van der Waals surface area contributed by atoms with Crippen molar-refractivity contribution >= 4 is 11.8 Å². The molecule has 2 N–H and O–H groups in total. The molecule has 0 bridgehead atoms. The van der Waals surface area contributed by atoms with Crippen LogP contribution in [0.3, 0.4) is 0 Å². The third kappa shape index (κ3) is 5.70. The van der Waals surface area contributed by atoms with Gasteiger partial charge in [0.25, 0.3) is 0 Å². The summed E-state index contributed by atoms with van der Waals surface area (Å²) in [4.78, 5) is 21.8. The molecule has 0 rings (SSSR count). The normalized spacial score (nSPS) is 12.6. The van der Waals surface area contributed by atoms with Gasteiger partial charge in [-0.25, -0.2) is 0 Å². The van der Waals surface area contributed by atoms with Crippen LogP contribution in [-0.4, -0.2) is 24.4 Å². The van der Waals surface area contributed by atoms with Crippen LogP contribution in [0.25, 0.3) is 0 Å². The Hall–Kier alpha value is -0.900. The molecule has 0 aromatic heterocycles. The van der Waals surface area contributed by atoms with Crippen LogP contribution >= 0.6 is 0 Å². The van der Waals surface area contributed by atoms with Gasteiger partial charge >= 0.3 is 5.97 Å². The number of carbonyl (C=O) groups excluding carboxylic acids is 2. The zero-order chi connectivity index (χ0) is 11.1. The Morgan fingerprint density at radius 2 is 1.93 bits per heavy atom. The molecule has 1 atom stereocenters. The first-order valence-corrected chi connectivity index (χ1v) is 4.86. The fourth-order valence-corrected chi connectivity index (χ4v) is 0.862. The van der Waals surface area contributed by atoms with Crippen molar-refractivity contribution in [2.75, 3.05) is 6.61 Å². The van der Waals surface area contributed by atoms with E-state index in [9.17, 15) is 9.59 Å². The second-order valence-electron chi connectivity index (χ2n) is 3.74. The van der Waals surface area contributed by atoms with Crippen LogP contribution in [0.15, 0.2) is 0 Å². The first-order valence-electron chi connectivity index (χ1n) is 4.86. The van der Waals surface area contributed by atoms with Crippen LogP contribution in [0.4, 0.5) is 0 Å². The van der Waals surface area contributed by atoms with Gasteiger partial charge in [-0.15, -0.1) is 0 Å². The lowest BCUT2D eigenvalue weighted by atomic mass is 10.1. The Morgan fingerprint density at radius 3 is 2.36 bits per heavy atom. The lowest BCUT2D eigenvalue weighted by Gasteiger charge is -2.13. The summed E-state index contributed by atoms with van der Waals surface area (Å²) in [6.07, 6.45) is 1.02. The van der Waals surface area contributed by atoms with Gasteiger partial charge in [0.2, 0.25) is 0 Å². The molecule has 0 amide bonds. The van der Waals surface area contributed by atoms with Crippen LogP contribution in [-0.2, 0) is 14.3 Å². The highest BCUT2D eigenvalue weighted by molar-refractivity contribution is 5.76. The van der Waals surface area contributed by atoms with E-state index in [1.807, 2.05) is 13.8 Å². The molecule has 0 heterocycles. The lowest BCUT2D eigenvalue weighted by molar-refractivity contribution is -0.146. The van der Waals surface area contributed by atoms with Crippen molar-refractivity contribution in [3.05, 3.63) is 0 Å². The predicted octanol–water partition coefficient (Wildman–Crippen LogP) is 0.882. The second kappa shape index (κ2) is 6.54. The highest BCUT2D eigenvalue weighted by Crippen LogP contribution is 2.01. The number of Topliss-reactive ketones (excluding diaryl/α,β-unsaturated/α-hetero) is 1. The summed E-state index contributed by atoms with van der Waals surface area (Å²) in [5.74, 6) is -0.201. The van der Waals surface area contributed by atoms with Crippen molar-refractivity contribution in [3.8, 4) is 0 Å². The van der Waals surface area contributed by atoms with Gasteiger partial charge in [0.1, 0.15) is 11.8 Å². The zero-order valence-electron chi connectivity index (χ0n) is 9.08. The van der Waals surface area contributed by atoms with E-state index in [4.69, 9.17) is 10.5 Å². The molecule has 14 heavy (non-hydrogen) atoms. The maximum absolute atomic E-state index is 11.2. The van der Waals surface area contributed by atoms with Crippen molar-refractivity contribution in [1.29, 1.82) is 0 Å². The largest absolute Gasteiger partial charge is 0.465 e. The lowest BCUT2D eigenvalue weighted by Crippen LogP contribution is -2.37. The Morgan fingerprint density at radius 1 is 1.36 bits per heavy atom. The first kappa shape index (κ1) is 13.1. The predicted molar refractivity (Wildman–Crippen MR) is 53.7 cm³/mol. The Labute approximate surface area is 84.8 Å².